The van der Waals surface area contributed by atoms with Crippen molar-refractivity contribution in [1.82, 2.24) is 15.2 Å². The van der Waals surface area contributed by atoms with Crippen LogP contribution in [0.4, 0.5) is 16.0 Å². The second-order valence-electron chi connectivity index (χ2n) is 6.74. The van der Waals surface area contributed by atoms with Crippen molar-refractivity contribution in [3.05, 3.63) is 71.3 Å². The third-order valence-corrected chi connectivity index (χ3v) is 4.14. The minimum absolute atomic E-state index is 0.115. The monoisotopic (exact) mass is 338 g/mol. The lowest BCUT2D eigenvalue weighted by molar-refractivity contribution is 0.628. The van der Waals surface area contributed by atoms with Gasteiger partial charge in [0.05, 0.1) is 0 Å². The zero-order valence-electron chi connectivity index (χ0n) is 14.8. The molecule has 4 nitrogen and oxygen atoms in total. The molecule has 130 valence electrons. The van der Waals surface area contributed by atoms with Crippen LogP contribution in [0, 0.1) is 11.7 Å². The van der Waals surface area contributed by atoms with E-state index >= 15 is 0 Å². The van der Waals surface area contributed by atoms with Crippen LogP contribution in [-0.4, -0.2) is 15.2 Å². The van der Waals surface area contributed by atoms with E-state index in [-0.39, 0.29) is 11.7 Å². The van der Waals surface area contributed by atoms with Crippen LogP contribution >= 0.6 is 0 Å². The predicted octanol–water partition coefficient (Wildman–Crippen LogP) is 5.04. The molecule has 0 aliphatic rings. The molecule has 0 radical (unpaired) electrons. The molecule has 0 saturated carbocycles. The van der Waals surface area contributed by atoms with Gasteiger partial charge in [-0.2, -0.15) is 4.98 Å². The van der Waals surface area contributed by atoms with Crippen LogP contribution in [0.15, 0.2) is 48.5 Å². The normalized spacial score (nSPS) is 12.4. The molecule has 3 aromatic rings. The van der Waals surface area contributed by atoms with Gasteiger partial charge in [0.1, 0.15) is 11.6 Å². The second kappa shape index (κ2) is 7.47. The Bertz CT molecular complexity index is 806. The van der Waals surface area contributed by atoms with Crippen LogP contribution in [0.3, 0.4) is 0 Å². The lowest BCUT2D eigenvalue weighted by Gasteiger charge is -2.10. The van der Waals surface area contributed by atoms with Crippen molar-refractivity contribution >= 4 is 11.6 Å². The van der Waals surface area contributed by atoms with Gasteiger partial charge < -0.3 is 5.32 Å². The molecule has 1 heterocycles. The topological polar surface area (TPSA) is 53.6 Å². The molecule has 0 aliphatic carbocycles. The molecule has 5 heteroatoms. The summed E-state index contributed by atoms with van der Waals surface area (Å²) >= 11 is 0. The third-order valence-electron chi connectivity index (χ3n) is 4.14. The average Bonchev–Trinajstić information content (AvgIpc) is 3.05. The first-order chi connectivity index (χ1) is 12.0. The Kier molecular flexibility index (Phi) is 5.12. The van der Waals surface area contributed by atoms with E-state index in [1.807, 2.05) is 0 Å². The number of rotatable bonds is 6. The summed E-state index contributed by atoms with van der Waals surface area (Å²) in [6, 6.07) is 14.8. The molecule has 0 fully saturated rings. The first-order valence-corrected chi connectivity index (χ1v) is 8.55. The molecule has 1 atom stereocenters. The third kappa shape index (κ3) is 4.44. The van der Waals surface area contributed by atoms with Gasteiger partial charge in [-0.05, 0) is 47.7 Å². The van der Waals surface area contributed by atoms with Gasteiger partial charge in [-0.1, -0.05) is 45.0 Å². The van der Waals surface area contributed by atoms with Crippen molar-refractivity contribution in [3.63, 3.8) is 0 Å². The van der Waals surface area contributed by atoms with E-state index < -0.39 is 0 Å². The first-order valence-electron chi connectivity index (χ1n) is 8.55. The van der Waals surface area contributed by atoms with Gasteiger partial charge in [0, 0.05) is 11.6 Å². The molecule has 2 aromatic carbocycles. The van der Waals surface area contributed by atoms with Gasteiger partial charge in [0.2, 0.25) is 5.95 Å². The Morgan fingerprint density at radius 3 is 2.32 bits per heavy atom. The van der Waals surface area contributed by atoms with Gasteiger partial charge in [0.15, 0.2) is 0 Å². The number of nitrogens with one attached hydrogen (secondary N) is 2. The smallest absolute Gasteiger partial charge is 0.246 e. The van der Waals surface area contributed by atoms with E-state index in [4.69, 9.17) is 0 Å². The molecule has 1 aromatic heterocycles. The average molecular weight is 338 g/mol. The number of hydrogen-bond donors (Lipinski definition) is 2. The van der Waals surface area contributed by atoms with Gasteiger partial charge in [-0.3, -0.25) is 5.10 Å². The Balaban J connectivity index is 1.69. The van der Waals surface area contributed by atoms with E-state index in [1.165, 1.54) is 23.3 Å². The SMILES string of the molecule is CC(C)Cc1ccc(C(C)c2nc(Nc3ccc(F)cc3)n[nH]2)cc1. The number of aromatic amines is 1. The first kappa shape index (κ1) is 17.1. The van der Waals surface area contributed by atoms with E-state index in [0.717, 1.165) is 17.9 Å². The molecule has 2 N–H and O–H groups in total. The van der Waals surface area contributed by atoms with E-state index in [2.05, 4.69) is 65.5 Å². The minimum atomic E-state index is -0.268. The largest absolute Gasteiger partial charge is 0.323 e. The Labute approximate surface area is 147 Å². The molecular weight excluding hydrogens is 315 g/mol. The van der Waals surface area contributed by atoms with Crippen molar-refractivity contribution in [2.75, 3.05) is 5.32 Å². The highest BCUT2D eigenvalue weighted by Gasteiger charge is 2.14. The number of anilines is 2. The Hall–Kier alpha value is -2.69. The van der Waals surface area contributed by atoms with Gasteiger partial charge in [0.25, 0.3) is 0 Å². The zero-order chi connectivity index (χ0) is 17.8. The molecule has 0 aliphatic heterocycles. The van der Waals surface area contributed by atoms with Crippen LogP contribution in [0.1, 0.15) is 43.6 Å². The molecule has 0 spiro atoms. The summed E-state index contributed by atoms with van der Waals surface area (Å²) in [6.45, 7) is 6.54. The predicted molar refractivity (Wildman–Crippen MR) is 98.6 cm³/mol. The van der Waals surface area contributed by atoms with Crippen LogP contribution < -0.4 is 5.32 Å². The fourth-order valence-corrected chi connectivity index (χ4v) is 2.76. The summed E-state index contributed by atoms with van der Waals surface area (Å²) in [7, 11) is 0. The molecule has 25 heavy (non-hydrogen) atoms. The number of hydrogen-bond acceptors (Lipinski definition) is 3. The van der Waals surface area contributed by atoms with E-state index in [0.29, 0.717) is 11.9 Å². The van der Waals surface area contributed by atoms with Crippen molar-refractivity contribution < 1.29 is 4.39 Å². The number of aromatic nitrogens is 3. The van der Waals surface area contributed by atoms with Crippen molar-refractivity contribution in [2.45, 2.75) is 33.1 Å². The molecular formula is C20H23FN4. The molecule has 3 rings (SSSR count). The van der Waals surface area contributed by atoms with Crippen LogP contribution in [0.2, 0.25) is 0 Å². The van der Waals surface area contributed by atoms with Crippen LogP contribution in [0.5, 0.6) is 0 Å². The van der Waals surface area contributed by atoms with Crippen LogP contribution in [0.25, 0.3) is 0 Å². The minimum Gasteiger partial charge on any atom is -0.323 e. The summed E-state index contributed by atoms with van der Waals surface area (Å²) in [5.41, 5.74) is 3.29. The lowest BCUT2D eigenvalue weighted by atomic mass is 9.96. The molecule has 0 bridgehead atoms. The summed E-state index contributed by atoms with van der Waals surface area (Å²) in [6.07, 6.45) is 1.09. The van der Waals surface area contributed by atoms with E-state index in [1.54, 1.807) is 12.1 Å². The maximum absolute atomic E-state index is 13.0. The summed E-state index contributed by atoms with van der Waals surface area (Å²) in [5.74, 6) is 1.77. The van der Waals surface area contributed by atoms with Crippen molar-refractivity contribution in [1.29, 1.82) is 0 Å². The maximum atomic E-state index is 13.0. The number of benzene rings is 2. The zero-order valence-corrected chi connectivity index (χ0v) is 14.8. The summed E-state index contributed by atoms with van der Waals surface area (Å²) < 4.78 is 13.0. The quantitative estimate of drug-likeness (QED) is 0.662. The fourth-order valence-electron chi connectivity index (χ4n) is 2.76. The van der Waals surface area contributed by atoms with E-state index in [9.17, 15) is 4.39 Å². The number of nitrogens with zero attached hydrogens (tertiary/aromatic N) is 2. The second-order valence-corrected chi connectivity index (χ2v) is 6.74. The Morgan fingerprint density at radius 1 is 1.00 bits per heavy atom. The van der Waals surface area contributed by atoms with Crippen molar-refractivity contribution in [3.8, 4) is 0 Å². The maximum Gasteiger partial charge on any atom is 0.246 e. The number of halogens is 1. The molecule has 0 amide bonds. The molecule has 0 saturated heterocycles. The van der Waals surface area contributed by atoms with Crippen molar-refractivity contribution in [2.24, 2.45) is 5.92 Å². The standard InChI is InChI=1S/C20H23FN4/c1-13(2)12-15-4-6-16(7-5-15)14(3)19-23-20(25-24-19)22-18-10-8-17(21)9-11-18/h4-11,13-14H,12H2,1-3H3,(H2,22,23,24,25). The number of H-pyrrole nitrogens is 1. The Morgan fingerprint density at radius 2 is 1.68 bits per heavy atom. The summed E-state index contributed by atoms with van der Waals surface area (Å²) in [5, 5.41) is 10.2. The molecule has 1 unspecified atom stereocenters. The fraction of sp³-hybridized carbons (Fsp3) is 0.300. The van der Waals surface area contributed by atoms with Gasteiger partial charge in [-0.15, -0.1) is 5.10 Å². The van der Waals surface area contributed by atoms with Crippen LogP contribution in [-0.2, 0) is 6.42 Å². The summed E-state index contributed by atoms with van der Waals surface area (Å²) in [4.78, 5) is 4.50. The van der Waals surface area contributed by atoms with Gasteiger partial charge >= 0.3 is 0 Å². The van der Waals surface area contributed by atoms with Gasteiger partial charge in [-0.25, -0.2) is 4.39 Å². The lowest BCUT2D eigenvalue weighted by Crippen LogP contribution is -2.00. The highest BCUT2D eigenvalue weighted by Crippen LogP contribution is 2.23. The highest BCUT2D eigenvalue weighted by molar-refractivity contribution is 5.52. The highest BCUT2D eigenvalue weighted by atomic mass is 19.1.